The molecular weight excluding hydrogens is 190 g/mol. The second kappa shape index (κ2) is 4.26. The van der Waals surface area contributed by atoms with Crippen molar-refractivity contribution < 1.29 is 0 Å². The molecular formula is C12H17NS. The smallest absolute Gasteiger partial charge is 0.0399 e. The number of nitrogens with zero attached hydrogens (tertiary/aromatic N) is 1. The van der Waals surface area contributed by atoms with Crippen molar-refractivity contribution in [3.63, 3.8) is 0 Å². The quantitative estimate of drug-likeness (QED) is 0.746. The lowest BCUT2D eigenvalue weighted by molar-refractivity contribution is 0.632. The van der Waals surface area contributed by atoms with E-state index in [9.17, 15) is 0 Å². The van der Waals surface area contributed by atoms with E-state index < -0.39 is 0 Å². The average Bonchev–Trinajstić information content (AvgIpc) is 2.62. The largest absolute Gasteiger partial charge is 0.371 e. The molecule has 1 nitrogen and oxygen atoms in total. The van der Waals surface area contributed by atoms with Crippen molar-refractivity contribution >= 4 is 18.3 Å². The molecule has 1 aromatic rings. The molecule has 2 rings (SSSR count). The number of hydrogen-bond acceptors (Lipinski definition) is 2. The monoisotopic (exact) mass is 207 g/mol. The minimum atomic E-state index is 0.671. The number of thiol groups is 1. The van der Waals surface area contributed by atoms with Crippen LogP contribution in [0.1, 0.15) is 12.5 Å². The predicted octanol–water partition coefficient (Wildman–Crippen LogP) is 2.62. The third kappa shape index (κ3) is 1.90. The third-order valence-electron chi connectivity index (χ3n) is 2.83. The molecule has 0 aromatic heterocycles. The molecule has 1 atom stereocenters. The standard InChI is InChI=1S/C12H17NS/c1-10(9-14)8-13-7-6-11-4-2-3-5-12(11)13/h2-5,10,14H,6-9H2,1H3. The Labute approximate surface area is 91.5 Å². The number of hydrogen-bond donors (Lipinski definition) is 1. The summed E-state index contributed by atoms with van der Waals surface area (Å²) in [6, 6.07) is 8.72. The number of anilines is 1. The van der Waals surface area contributed by atoms with E-state index in [2.05, 4.69) is 48.7 Å². The van der Waals surface area contributed by atoms with Crippen molar-refractivity contribution in [3.05, 3.63) is 29.8 Å². The molecule has 1 aliphatic rings. The fourth-order valence-electron chi connectivity index (χ4n) is 2.03. The van der Waals surface area contributed by atoms with Crippen molar-refractivity contribution in [2.24, 2.45) is 5.92 Å². The molecule has 1 unspecified atom stereocenters. The Morgan fingerprint density at radius 2 is 2.21 bits per heavy atom. The molecule has 1 aliphatic heterocycles. The van der Waals surface area contributed by atoms with Gasteiger partial charge >= 0.3 is 0 Å². The first-order valence-corrected chi connectivity index (χ1v) is 5.88. The highest BCUT2D eigenvalue weighted by molar-refractivity contribution is 7.80. The first-order chi connectivity index (χ1) is 6.81. The predicted molar refractivity (Wildman–Crippen MR) is 65.4 cm³/mol. The molecule has 0 fully saturated rings. The SMILES string of the molecule is CC(CS)CN1CCc2ccccc21. The highest BCUT2D eigenvalue weighted by Crippen LogP contribution is 2.27. The van der Waals surface area contributed by atoms with Gasteiger partial charge < -0.3 is 4.90 Å². The third-order valence-corrected chi connectivity index (χ3v) is 3.45. The molecule has 2 heteroatoms. The summed E-state index contributed by atoms with van der Waals surface area (Å²) in [5, 5.41) is 0. The molecule has 0 saturated carbocycles. The first kappa shape index (κ1) is 9.91. The van der Waals surface area contributed by atoms with Gasteiger partial charge in [0.25, 0.3) is 0 Å². The van der Waals surface area contributed by atoms with E-state index in [1.165, 1.54) is 24.2 Å². The van der Waals surface area contributed by atoms with E-state index in [4.69, 9.17) is 0 Å². The highest BCUT2D eigenvalue weighted by Gasteiger charge is 2.19. The van der Waals surface area contributed by atoms with E-state index in [-0.39, 0.29) is 0 Å². The van der Waals surface area contributed by atoms with E-state index in [1.54, 1.807) is 0 Å². The van der Waals surface area contributed by atoms with Crippen LogP contribution in [0, 0.1) is 5.92 Å². The highest BCUT2D eigenvalue weighted by atomic mass is 32.1. The molecule has 0 amide bonds. The zero-order valence-electron chi connectivity index (χ0n) is 8.61. The van der Waals surface area contributed by atoms with Crippen molar-refractivity contribution in [1.82, 2.24) is 0 Å². The van der Waals surface area contributed by atoms with Gasteiger partial charge in [0.2, 0.25) is 0 Å². The van der Waals surface area contributed by atoms with Gasteiger partial charge in [-0.25, -0.2) is 0 Å². The average molecular weight is 207 g/mol. The molecule has 0 N–H and O–H groups in total. The molecule has 0 aliphatic carbocycles. The minimum Gasteiger partial charge on any atom is -0.371 e. The maximum absolute atomic E-state index is 4.33. The van der Waals surface area contributed by atoms with E-state index >= 15 is 0 Å². The molecule has 0 radical (unpaired) electrons. The Balaban J connectivity index is 2.10. The summed E-state index contributed by atoms with van der Waals surface area (Å²) in [6.45, 7) is 4.58. The molecule has 14 heavy (non-hydrogen) atoms. The fraction of sp³-hybridized carbons (Fsp3) is 0.500. The summed E-state index contributed by atoms with van der Waals surface area (Å²) in [5.74, 6) is 1.64. The van der Waals surface area contributed by atoms with Gasteiger partial charge in [0.05, 0.1) is 0 Å². The van der Waals surface area contributed by atoms with Crippen LogP contribution in [0.25, 0.3) is 0 Å². The molecule has 0 spiro atoms. The normalized spacial score (nSPS) is 16.9. The zero-order valence-corrected chi connectivity index (χ0v) is 9.50. The van der Waals surface area contributed by atoms with Crippen LogP contribution in [0.4, 0.5) is 5.69 Å². The van der Waals surface area contributed by atoms with Crippen LogP contribution < -0.4 is 4.90 Å². The van der Waals surface area contributed by atoms with Crippen molar-refractivity contribution in [2.45, 2.75) is 13.3 Å². The Morgan fingerprint density at radius 3 is 3.00 bits per heavy atom. The minimum absolute atomic E-state index is 0.671. The molecule has 76 valence electrons. The summed E-state index contributed by atoms with van der Waals surface area (Å²) in [6.07, 6.45) is 1.20. The second-order valence-electron chi connectivity index (χ2n) is 4.11. The van der Waals surface area contributed by atoms with Crippen LogP contribution in [-0.2, 0) is 6.42 Å². The van der Waals surface area contributed by atoms with Crippen LogP contribution in [0.15, 0.2) is 24.3 Å². The Morgan fingerprint density at radius 1 is 1.43 bits per heavy atom. The number of rotatable bonds is 3. The van der Waals surface area contributed by atoms with Crippen molar-refractivity contribution in [2.75, 3.05) is 23.7 Å². The zero-order chi connectivity index (χ0) is 9.97. The first-order valence-electron chi connectivity index (χ1n) is 5.25. The molecule has 0 saturated heterocycles. The Bertz CT molecular complexity index is 311. The van der Waals surface area contributed by atoms with Gasteiger partial charge in [0, 0.05) is 18.8 Å². The molecule has 1 aromatic carbocycles. The van der Waals surface area contributed by atoms with Crippen LogP contribution in [0.2, 0.25) is 0 Å². The summed E-state index contributed by atoms with van der Waals surface area (Å²) >= 11 is 4.33. The number of fused-ring (bicyclic) bond motifs is 1. The lowest BCUT2D eigenvalue weighted by Gasteiger charge is -2.22. The van der Waals surface area contributed by atoms with Gasteiger partial charge in [-0.2, -0.15) is 12.6 Å². The van der Waals surface area contributed by atoms with Crippen LogP contribution in [0.3, 0.4) is 0 Å². The summed E-state index contributed by atoms with van der Waals surface area (Å²) in [4.78, 5) is 2.48. The van der Waals surface area contributed by atoms with E-state index in [0.29, 0.717) is 5.92 Å². The van der Waals surface area contributed by atoms with Crippen LogP contribution in [0.5, 0.6) is 0 Å². The van der Waals surface area contributed by atoms with Gasteiger partial charge in [0.1, 0.15) is 0 Å². The van der Waals surface area contributed by atoms with E-state index in [0.717, 1.165) is 12.3 Å². The van der Waals surface area contributed by atoms with Crippen LogP contribution in [-0.4, -0.2) is 18.8 Å². The van der Waals surface area contributed by atoms with Crippen molar-refractivity contribution in [3.8, 4) is 0 Å². The van der Waals surface area contributed by atoms with Crippen LogP contribution >= 0.6 is 12.6 Å². The Hall–Kier alpha value is -0.630. The summed E-state index contributed by atoms with van der Waals surface area (Å²) in [5.41, 5.74) is 2.93. The fourth-order valence-corrected chi connectivity index (χ4v) is 2.15. The van der Waals surface area contributed by atoms with Gasteiger partial charge in [0.15, 0.2) is 0 Å². The number of para-hydroxylation sites is 1. The van der Waals surface area contributed by atoms with Crippen molar-refractivity contribution in [1.29, 1.82) is 0 Å². The molecule has 1 heterocycles. The second-order valence-corrected chi connectivity index (χ2v) is 4.48. The van der Waals surface area contributed by atoms with Gasteiger partial charge in [-0.3, -0.25) is 0 Å². The lowest BCUT2D eigenvalue weighted by atomic mass is 10.1. The van der Waals surface area contributed by atoms with Gasteiger partial charge in [-0.15, -0.1) is 0 Å². The number of benzene rings is 1. The lowest BCUT2D eigenvalue weighted by Crippen LogP contribution is -2.27. The maximum Gasteiger partial charge on any atom is 0.0399 e. The summed E-state index contributed by atoms with van der Waals surface area (Å²) in [7, 11) is 0. The van der Waals surface area contributed by atoms with Gasteiger partial charge in [-0.1, -0.05) is 25.1 Å². The van der Waals surface area contributed by atoms with E-state index in [1.807, 2.05) is 0 Å². The van der Waals surface area contributed by atoms with Gasteiger partial charge in [-0.05, 0) is 29.7 Å². The maximum atomic E-state index is 4.33. The summed E-state index contributed by atoms with van der Waals surface area (Å²) < 4.78 is 0. The topological polar surface area (TPSA) is 3.24 Å². The Kier molecular flexibility index (Phi) is 3.02. The molecule has 0 bridgehead atoms.